The predicted octanol–water partition coefficient (Wildman–Crippen LogP) is 7.00. The summed E-state index contributed by atoms with van der Waals surface area (Å²) in [5.41, 5.74) is 4.60. The van der Waals surface area contributed by atoms with Gasteiger partial charge >= 0.3 is 6.09 Å². The Morgan fingerprint density at radius 3 is 2.53 bits per heavy atom. The molecule has 186 valence electrons. The molecule has 2 aromatic carbocycles. The van der Waals surface area contributed by atoms with Crippen LogP contribution in [0.15, 0.2) is 54.0 Å². The topological polar surface area (TPSA) is 60.2 Å². The van der Waals surface area contributed by atoms with Crippen molar-refractivity contribution in [3.63, 3.8) is 0 Å². The molecule has 36 heavy (non-hydrogen) atoms. The first-order valence-electron chi connectivity index (χ1n) is 12.7. The zero-order valence-electron chi connectivity index (χ0n) is 20.3. The lowest BCUT2D eigenvalue weighted by molar-refractivity contribution is 0.0928. The largest absolute Gasteiger partial charge is 0.450 e. The van der Waals surface area contributed by atoms with E-state index < -0.39 is 0 Å². The summed E-state index contributed by atoms with van der Waals surface area (Å²) in [6.45, 7) is 3.68. The van der Waals surface area contributed by atoms with Crippen molar-refractivity contribution in [3.05, 3.63) is 81.0 Å². The van der Waals surface area contributed by atoms with Crippen LogP contribution in [-0.4, -0.2) is 45.2 Å². The van der Waals surface area contributed by atoms with Gasteiger partial charge in [-0.2, -0.15) is 0 Å². The number of ether oxygens (including phenoxy) is 1. The number of hydrogen-bond donors (Lipinski definition) is 0. The maximum absolute atomic E-state index is 12.2. The van der Waals surface area contributed by atoms with E-state index >= 15 is 0 Å². The first kappa shape index (κ1) is 23.5. The Morgan fingerprint density at radius 2 is 1.86 bits per heavy atom. The van der Waals surface area contributed by atoms with Crippen molar-refractivity contribution in [2.24, 2.45) is 0 Å². The third-order valence-corrected chi connectivity index (χ3v) is 8.37. The van der Waals surface area contributed by atoms with Crippen LogP contribution in [0.25, 0.3) is 11.0 Å². The van der Waals surface area contributed by atoms with Gasteiger partial charge in [-0.3, -0.25) is 0 Å². The zero-order chi connectivity index (χ0) is 24.6. The molecule has 1 unspecified atom stereocenters. The normalized spacial score (nSPS) is 17.4. The number of benzene rings is 2. The Kier molecular flexibility index (Phi) is 6.44. The molecule has 6 nitrogen and oxygen atoms in total. The van der Waals surface area contributed by atoms with E-state index in [9.17, 15) is 4.79 Å². The molecule has 3 heterocycles. The number of aromatic nitrogens is 3. The van der Waals surface area contributed by atoms with Crippen LogP contribution in [0.1, 0.15) is 72.4 Å². The van der Waals surface area contributed by atoms with Crippen molar-refractivity contribution in [1.82, 2.24) is 19.4 Å². The molecule has 4 aromatic rings. The average Bonchev–Trinajstić information content (AvgIpc) is 3.47. The highest BCUT2D eigenvalue weighted by Gasteiger charge is 2.34. The summed E-state index contributed by atoms with van der Waals surface area (Å²) in [5.74, 6) is 1.77. The number of likely N-dealkylation sites (tertiary alicyclic amines) is 1. The highest BCUT2D eigenvalue weighted by Crippen LogP contribution is 2.44. The lowest BCUT2D eigenvalue weighted by Gasteiger charge is -2.33. The molecule has 8 heteroatoms. The van der Waals surface area contributed by atoms with Crippen LogP contribution in [-0.2, 0) is 4.74 Å². The van der Waals surface area contributed by atoms with Gasteiger partial charge in [0.25, 0.3) is 0 Å². The van der Waals surface area contributed by atoms with Crippen molar-refractivity contribution in [1.29, 1.82) is 0 Å². The van der Waals surface area contributed by atoms with Crippen LogP contribution in [0.2, 0.25) is 5.02 Å². The summed E-state index contributed by atoms with van der Waals surface area (Å²) in [5, 5.41) is 3.82. The van der Waals surface area contributed by atoms with Crippen molar-refractivity contribution in [2.75, 3.05) is 19.7 Å². The number of thiazole rings is 1. The van der Waals surface area contributed by atoms with Gasteiger partial charge < -0.3 is 14.2 Å². The van der Waals surface area contributed by atoms with Crippen LogP contribution in [0.5, 0.6) is 0 Å². The van der Waals surface area contributed by atoms with Crippen molar-refractivity contribution in [3.8, 4) is 0 Å². The SMILES string of the molecule is CCOC(=O)N1CCC(n2c(C3CC3)nc3ccc(C(c4ccc(Cl)cc4)c4nccs4)cc32)CC1. The Labute approximate surface area is 219 Å². The second-order valence-corrected chi connectivity index (χ2v) is 11.0. The monoisotopic (exact) mass is 520 g/mol. The van der Waals surface area contributed by atoms with E-state index in [0.717, 1.165) is 28.4 Å². The van der Waals surface area contributed by atoms with Gasteiger partial charge in [-0.15, -0.1) is 11.3 Å². The molecule has 1 aliphatic carbocycles. The standard InChI is InChI=1S/C28H29ClN4O2S/c1-2-35-28(34)32-14-11-22(12-15-32)33-24-17-20(7-10-23(24)31-26(33)19-3-4-19)25(27-30-13-16-36-27)18-5-8-21(29)9-6-18/h5-10,13,16-17,19,22,25H,2-4,11-12,14-15H2,1H3. The minimum absolute atomic E-state index is 0.0325. The van der Waals surface area contributed by atoms with Gasteiger partial charge in [0.05, 0.1) is 23.6 Å². The number of carbonyl (C=O) groups excluding carboxylic acids is 1. The first-order chi connectivity index (χ1) is 17.6. The molecule has 1 aliphatic heterocycles. The number of hydrogen-bond acceptors (Lipinski definition) is 5. The summed E-state index contributed by atoms with van der Waals surface area (Å²) >= 11 is 7.87. The molecule has 0 bridgehead atoms. The number of fused-ring (bicyclic) bond motifs is 1. The summed E-state index contributed by atoms with van der Waals surface area (Å²) in [7, 11) is 0. The van der Waals surface area contributed by atoms with Gasteiger partial charge in [-0.05, 0) is 68.0 Å². The van der Waals surface area contributed by atoms with Gasteiger partial charge in [-0.1, -0.05) is 29.8 Å². The molecule has 1 saturated carbocycles. The van der Waals surface area contributed by atoms with Gasteiger partial charge in [0.1, 0.15) is 10.8 Å². The molecule has 1 saturated heterocycles. The van der Waals surface area contributed by atoms with Gasteiger partial charge in [0, 0.05) is 41.6 Å². The molecule has 2 aromatic heterocycles. The van der Waals surface area contributed by atoms with Crippen LogP contribution in [0.3, 0.4) is 0 Å². The van der Waals surface area contributed by atoms with Gasteiger partial charge in [-0.25, -0.2) is 14.8 Å². The van der Waals surface area contributed by atoms with E-state index in [-0.39, 0.29) is 12.0 Å². The van der Waals surface area contributed by atoms with E-state index in [1.165, 1.54) is 35.3 Å². The first-order valence-corrected chi connectivity index (χ1v) is 14.0. The number of halogens is 1. The minimum atomic E-state index is -0.203. The lowest BCUT2D eigenvalue weighted by atomic mass is 9.91. The van der Waals surface area contributed by atoms with Crippen molar-refractivity contribution in [2.45, 2.75) is 50.5 Å². The van der Waals surface area contributed by atoms with E-state index in [1.807, 2.05) is 35.5 Å². The molecule has 6 rings (SSSR count). The predicted molar refractivity (Wildman–Crippen MR) is 143 cm³/mol. The second kappa shape index (κ2) is 9.87. The average molecular weight is 521 g/mol. The van der Waals surface area contributed by atoms with Crippen molar-refractivity contribution >= 4 is 40.1 Å². The van der Waals surface area contributed by atoms with Crippen LogP contribution >= 0.6 is 22.9 Å². The fourth-order valence-electron chi connectivity index (χ4n) is 5.35. The number of piperidine rings is 1. The fraction of sp³-hybridized carbons (Fsp3) is 0.393. The van der Waals surface area contributed by atoms with E-state index in [4.69, 9.17) is 21.3 Å². The summed E-state index contributed by atoms with van der Waals surface area (Å²) in [6.07, 6.45) is 5.87. The summed E-state index contributed by atoms with van der Waals surface area (Å²) in [6, 6.07) is 15.1. The Balaban J connectivity index is 1.39. The Morgan fingerprint density at radius 1 is 1.11 bits per heavy atom. The number of imidazole rings is 1. The highest BCUT2D eigenvalue weighted by atomic mass is 35.5. The highest BCUT2D eigenvalue weighted by molar-refractivity contribution is 7.09. The summed E-state index contributed by atoms with van der Waals surface area (Å²) in [4.78, 5) is 23.9. The third kappa shape index (κ3) is 4.50. The maximum atomic E-state index is 12.2. The zero-order valence-corrected chi connectivity index (χ0v) is 21.8. The number of carbonyl (C=O) groups is 1. The Hall–Kier alpha value is -2.90. The second-order valence-electron chi connectivity index (χ2n) is 9.63. The van der Waals surface area contributed by atoms with Gasteiger partial charge in [0.2, 0.25) is 0 Å². The quantitative estimate of drug-likeness (QED) is 0.274. The smallest absolute Gasteiger partial charge is 0.409 e. The van der Waals surface area contributed by atoms with E-state index in [1.54, 1.807) is 11.3 Å². The minimum Gasteiger partial charge on any atom is -0.450 e. The summed E-state index contributed by atoms with van der Waals surface area (Å²) < 4.78 is 7.72. The number of rotatable bonds is 6. The number of nitrogens with zero attached hydrogens (tertiary/aromatic N) is 4. The molecule has 1 atom stereocenters. The lowest BCUT2D eigenvalue weighted by Crippen LogP contribution is -2.39. The molecule has 0 radical (unpaired) electrons. The van der Waals surface area contributed by atoms with Gasteiger partial charge in [0.15, 0.2) is 0 Å². The molecular weight excluding hydrogens is 492 g/mol. The van der Waals surface area contributed by atoms with Crippen molar-refractivity contribution < 1.29 is 9.53 Å². The molecular formula is C28H29ClN4O2S. The Bertz CT molecular complexity index is 1360. The molecule has 0 spiro atoms. The number of amides is 1. The van der Waals surface area contributed by atoms with E-state index in [2.05, 4.69) is 39.9 Å². The molecule has 1 amide bonds. The molecule has 0 N–H and O–H groups in total. The van der Waals surface area contributed by atoms with E-state index in [0.29, 0.717) is 31.7 Å². The maximum Gasteiger partial charge on any atom is 0.409 e. The third-order valence-electron chi connectivity index (χ3n) is 7.27. The van der Waals surface area contributed by atoms with Crippen LogP contribution < -0.4 is 0 Å². The molecule has 2 fully saturated rings. The molecule has 2 aliphatic rings. The van der Waals surface area contributed by atoms with Crippen LogP contribution in [0, 0.1) is 0 Å². The van der Waals surface area contributed by atoms with Crippen LogP contribution in [0.4, 0.5) is 4.79 Å². The fourth-order valence-corrected chi connectivity index (χ4v) is 6.27.